The SMILES string of the molecule is CC(C)(C)CCC1=CCC=N1.CC(C)(C)CCc1cccs1.CC(C)(C)CCc1ccns1.CC(C)(C)CCc1nccs1.CC(CC(C)(C)C)c1nccs1.CSC1CCCCC1CC(C)(C)C.Cc1ccc(C(C)CC(C)(C)C)s1.Cc1ccc(CCC(C)(C)C)s1. The Kier molecular flexibility index (Phi) is 42.1. The average Bonchev–Trinajstić information content (AvgIpc) is 1.31. The number of rotatable bonds is 16. The number of allylic oxidation sites excluding steroid dienone is 2. The zero-order valence-corrected chi connectivity index (χ0v) is 71.6. The molecular formula is C83H142N4S7. The predicted molar refractivity (Wildman–Crippen MR) is 438 cm³/mol. The molecule has 1 fully saturated rings. The van der Waals surface area contributed by atoms with Gasteiger partial charge in [0.25, 0.3) is 0 Å². The molecule has 0 aromatic carbocycles. The lowest BCUT2D eigenvalue weighted by Gasteiger charge is -2.34. The number of thioether (sulfide) groups is 1. The van der Waals surface area contributed by atoms with E-state index in [2.05, 4.69) is 291 Å². The van der Waals surface area contributed by atoms with E-state index in [1.165, 1.54) is 141 Å². The first-order valence-electron chi connectivity index (χ1n) is 35.7. The number of thiazole rings is 2. The van der Waals surface area contributed by atoms with E-state index < -0.39 is 0 Å². The Morgan fingerprint density at radius 1 is 0.479 bits per heavy atom. The van der Waals surface area contributed by atoms with Gasteiger partial charge < -0.3 is 0 Å². The Labute approximate surface area is 610 Å². The Balaban J connectivity index is 0.000000538. The molecule has 7 heterocycles. The molecule has 8 rings (SSSR count). The van der Waals surface area contributed by atoms with Crippen LogP contribution < -0.4 is 0 Å². The van der Waals surface area contributed by atoms with Crippen LogP contribution in [0.4, 0.5) is 0 Å². The second-order valence-electron chi connectivity index (χ2n) is 36.3. The maximum Gasteiger partial charge on any atom is 0.0953 e. The zero-order valence-electron chi connectivity index (χ0n) is 65.8. The highest BCUT2D eigenvalue weighted by atomic mass is 32.2. The van der Waals surface area contributed by atoms with Crippen LogP contribution in [0.15, 0.2) is 94.0 Å². The number of aromatic nitrogens is 3. The largest absolute Gasteiger partial charge is 0.266 e. The summed E-state index contributed by atoms with van der Waals surface area (Å²) >= 11 is 12.9. The van der Waals surface area contributed by atoms with Crippen molar-refractivity contribution in [1.29, 1.82) is 0 Å². The molecule has 0 radical (unpaired) electrons. The van der Waals surface area contributed by atoms with Crippen molar-refractivity contribution in [3.8, 4) is 0 Å². The average molecular weight is 1420 g/mol. The fourth-order valence-corrected chi connectivity index (χ4v) is 16.0. The highest BCUT2D eigenvalue weighted by molar-refractivity contribution is 7.99. The van der Waals surface area contributed by atoms with E-state index in [9.17, 15) is 0 Å². The lowest BCUT2D eigenvalue weighted by molar-refractivity contribution is 0.247. The van der Waals surface area contributed by atoms with Gasteiger partial charge in [0.05, 0.1) is 10.0 Å². The van der Waals surface area contributed by atoms with Crippen molar-refractivity contribution in [2.45, 2.75) is 327 Å². The third kappa shape index (κ3) is 51.9. The van der Waals surface area contributed by atoms with Gasteiger partial charge in [0.15, 0.2) is 0 Å². The molecular weight excluding hydrogens is 1280 g/mol. The highest BCUT2D eigenvalue weighted by Crippen LogP contribution is 2.40. The molecule has 0 bridgehead atoms. The molecule has 4 nitrogen and oxygen atoms in total. The van der Waals surface area contributed by atoms with Crippen LogP contribution in [0, 0.1) is 63.1 Å². The van der Waals surface area contributed by atoms with Gasteiger partial charge in [-0.2, -0.15) is 11.8 Å². The van der Waals surface area contributed by atoms with E-state index in [1.807, 2.05) is 64.2 Å². The summed E-state index contributed by atoms with van der Waals surface area (Å²) in [5.41, 5.74) is 4.93. The highest BCUT2D eigenvalue weighted by Gasteiger charge is 2.28. The first-order valence-corrected chi connectivity index (χ1v) is 42.1. The van der Waals surface area contributed by atoms with Crippen LogP contribution in [-0.4, -0.2) is 32.1 Å². The zero-order chi connectivity index (χ0) is 71.6. The molecule has 0 amide bonds. The summed E-state index contributed by atoms with van der Waals surface area (Å²) in [7, 11) is 0. The molecule has 11 heteroatoms. The number of nitrogens with zero attached hydrogens (tertiary/aromatic N) is 4. The van der Waals surface area contributed by atoms with E-state index in [4.69, 9.17) is 0 Å². The van der Waals surface area contributed by atoms with Crippen molar-refractivity contribution in [3.05, 3.63) is 128 Å². The van der Waals surface area contributed by atoms with Gasteiger partial charge >= 0.3 is 0 Å². The lowest BCUT2D eigenvalue weighted by atomic mass is 9.77. The van der Waals surface area contributed by atoms with E-state index in [0.29, 0.717) is 55.2 Å². The third-order valence-corrected chi connectivity index (χ3v) is 22.7. The summed E-state index contributed by atoms with van der Waals surface area (Å²) in [6.07, 6.45) is 35.1. The first kappa shape index (κ1) is 89.8. The van der Waals surface area contributed by atoms with Gasteiger partial charge in [0.1, 0.15) is 0 Å². The van der Waals surface area contributed by atoms with Gasteiger partial charge in [-0.05, 0) is 225 Å². The second-order valence-corrected chi connectivity index (χ2v) is 43.9. The molecule has 1 saturated carbocycles. The van der Waals surface area contributed by atoms with E-state index in [-0.39, 0.29) is 0 Å². The minimum atomic E-state index is 0.408. The molecule has 6 aromatic rings. The monoisotopic (exact) mass is 1420 g/mol. The predicted octanol–water partition coefficient (Wildman–Crippen LogP) is 29.8. The lowest BCUT2D eigenvalue weighted by Crippen LogP contribution is -2.26. The summed E-state index contributed by atoms with van der Waals surface area (Å²) in [5.74, 6) is 2.30. The molecule has 0 spiro atoms. The minimum Gasteiger partial charge on any atom is -0.266 e. The summed E-state index contributed by atoms with van der Waals surface area (Å²) < 4.78 is 4.06. The first-order chi connectivity index (χ1) is 43.2. The van der Waals surface area contributed by atoms with Crippen molar-refractivity contribution in [2.24, 2.45) is 54.2 Å². The fourth-order valence-electron chi connectivity index (χ4n) is 10.6. The molecule has 1 aliphatic heterocycles. The standard InChI is InChI=1S/C12H20S.C12H24S.C11H18S.C10H17NS.C10H17N.C10H16S.2C9H15NS/c1-9(8-12(3,4)5)11-7-6-10(2)13-11;1-12(2,3)9-10-7-5-6-8-11(10)13-4;1-9-5-6-10(12-9)7-8-11(2,3)4;1-8(7-10(2,3)4)9-11-5-6-12-9;2*1-10(2,3)7-6-9-5-4-8-11-9;1-9(2,3)6-4-8-5-7-10-11-8;1-9(2,3)5-4-8-10-6-7-11-8/h6-7,9H,8H2,1-5H3;10-11H,5-9H2,1-4H3;5-6H,7-8H2,1-4H3;5-6,8H,7H2,1-4H3;5,8H,4,6-7H2,1-3H3;4-5,8H,6-7H2,1-3H3;5,7H,4,6H2,1-3H3;6-7H,4-5H2,1-3H3. The fraction of sp³-hybridized carbons (Fsp3) is 0.711. The van der Waals surface area contributed by atoms with Crippen LogP contribution in [0.3, 0.4) is 0 Å². The number of hydrogen-bond acceptors (Lipinski definition) is 11. The van der Waals surface area contributed by atoms with Crippen molar-refractivity contribution in [3.63, 3.8) is 0 Å². The Hall–Kier alpha value is -2.25. The van der Waals surface area contributed by atoms with E-state index >= 15 is 0 Å². The van der Waals surface area contributed by atoms with Crippen molar-refractivity contribution in [2.75, 3.05) is 6.26 Å². The molecule has 0 saturated heterocycles. The molecule has 1 aliphatic carbocycles. The number of aryl methyl sites for hydroxylation is 6. The van der Waals surface area contributed by atoms with Crippen molar-refractivity contribution in [1.82, 2.24) is 14.3 Å². The Morgan fingerprint density at radius 3 is 1.41 bits per heavy atom. The maximum absolute atomic E-state index is 4.32. The van der Waals surface area contributed by atoms with E-state index in [0.717, 1.165) is 30.4 Å². The summed E-state index contributed by atoms with van der Waals surface area (Å²) in [6, 6.07) is 15.4. The molecule has 6 aromatic heterocycles. The second kappa shape index (κ2) is 44.1. The van der Waals surface area contributed by atoms with Crippen LogP contribution in [0.1, 0.15) is 321 Å². The van der Waals surface area contributed by atoms with Crippen LogP contribution in [0.25, 0.3) is 0 Å². The van der Waals surface area contributed by atoms with Crippen molar-refractivity contribution < 1.29 is 0 Å². The van der Waals surface area contributed by atoms with Gasteiger partial charge in [0.2, 0.25) is 0 Å². The van der Waals surface area contributed by atoms with Gasteiger partial charge in [-0.1, -0.05) is 205 Å². The topological polar surface area (TPSA) is 51.0 Å². The summed E-state index contributed by atoms with van der Waals surface area (Å²) in [5, 5.41) is 9.72. The molecule has 0 N–H and O–H groups in total. The smallest absolute Gasteiger partial charge is 0.0953 e. The van der Waals surface area contributed by atoms with Gasteiger partial charge in [-0.3, -0.25) is 4.99 Å². The van der Waals surface area contributed by atoms with Crippen LogP contribution >= 0.6 is 80.0 Å². The minimum absolute atomic E-state index is 0.408. The van der Waals surface area contributed by atoms with Crippen molar-refractivity contribution >= 4 is 86.2 Å². The molecule has 4 atom stereocenters. The molecule has 4 unspecified atom stereocenters. The number of hydrogen-bond donors (Lipinski definition) is 0. The van der Waals surface area contributed by atoms with Gasteiger partial charge in [0, 0.05) is 88.1 Å². The van der Waals surface area contributed by atoms with Crippen LogP contribution in [0.2, 0.25) is 0 Å². The Bertz CT molecular complexity index is 2690. The van der Waals surface area contributed by atoms with Gasteiger partial charge in [-0.15, -0.1) is 56.7 Å². The third-order valence-electron chi connectivity index (χ3n) is 15.6. The number of aliphatic imine (C=N–C) groups is 1. The molecule has 2 aliphatic rings. The quantitative estimate of drug-likeness (QED) is 0.0969. The number of thiophene rings is 3. The van der Waals surface area contributed by atoms with Crippen LogP contribution in [0.5, 0.6) is 0 Å². The summed E-state index contributed by atoms with van der Waals surface area (Å²) in [6.45, 7) is 64.0. The summed E-state index contributed by atoms with van der Waals surface area (Å²) in [4.78, 5) is 21.7. The maximum atomic E-state index is 4.32. The van der Waals surface area contributed by atoms with Gasteiger partial charge in [-0.25, -0.2) is 14.3 Å². The van der Waals surface area contributed by atoms with Crippen LogP contribution in [-0.2, 0) is 25.7 Å². The normalized spacial score (nSPS) is 15.8. The Morgan fingerprint density at radius 2 is 0.989 bits per heavy atom. The molecule has 94 heavy (non-hydrogen) atoms. The molecule has 536 valence electrons. The van der Waals surface area contributed by atoms with E-state index in [1.54, 1.807) is 34.2 Å².